The van der Waals surface area contributed by atoms with Crippen molar-refractivity contribution in [2.45, 2.75) is 33.1 Å². The molecule has 0 atom stereocenters. The summed E-state index contributed by atoms with van der Waals surface area (Å²) in [7, 11) is 2.03. The SMILES string of the molecule is CCCCN(C)c1cc(C(=O)Nc2ccccc2CC)c2ccccc2n1. The molecule has 0 bridgehead atoms. The molecule has 0 unspecified atom stereocenters. The van der Waals surface area contributed by atoms with Crippen LogP contribution in [0.2, 0.25) is 0 Å². The zero-order valence-corrected chi connectivity index (χ0v) is 16.3. The van der Waals surface area contributed by atoms with Crippen molar-refractivity contribution in [3.8, 4) is 0 Å². The zero-order chi connectivity index (χ0) is 19.2. The van der Waals surface area contributed by atoms with Crippen molar-refractivity contribution in [3.05, 3.63) is 65.7 Å². The number of nitrogens with zero attached hydrogens (tertiary/aromatic N) is 2. The van der Waals surface area contributed by atoms with Crippen molar-refractivity contribution in [2.24, 2.45) is 0 Å². The lowest BCUT2D eigenvalue weighted by Crippen LogP contribution is -2.21. The average molecular weight is 361 g/mol. The number of pyridine rings is 1. The molecule has 27 heavy (non-hydrogen) atoms. The Morgan fingerprint density at radius 2 is 1.81 bits per heavy atom. The Balaban J connectivity index is 1.99. The van der Waals surface area contributed by atoms with Gasteiger partial charge in [0.05, 0.1) is 11.1 Å². The molecule has 3 rings (SSSR count). The van der Waals surface area contributed by atoms with Crippen LogP contribution >= 0.6 is 0 Å². The predicted octanol–water partition coefficient (Wildman–Crippen LogP) is 5.29. The molecule has 140 valence electrons. The minimum Gasteiger partial charge on any atom is -0.360 e. The number of para-hydroxylation sites is 2. The van der Waals surface area contributed by atoms with E-state index in [0.29, 0.717) is 5.56 Å². The Labute approximate surface area is 161 Å². The van der Waals surface area contributed by atoms with Crippen LogP contribution in [-0.4, -0.2) is 24.5 Å². The lowest BCUT2D eigenvalue weighted by molar-refractivity contribution is 0.102. The van der Waals surface area contributed by atoms with E-state index in [1.807, 2.05) is 61.6 Å². The molecule has 0 aliphatic carbocycles. The van der Waals surface area contributed by atoms with Crippen molar-refractivity contribution < 1.29 is 4.79 Å². The van der Waals surface area contributed by atoms with Gasteiger partial charge in [0.2, 0.25) is 0 Å². The molecule has 0 radical (unpaired) electrons. The minimum absolute atomic E-state index is 0.0976. The van der Waals surface area contributed by atoms with Crippen molar-refractivity contribution in [1.29, 1.82) is 0 Å². The van der Waals surface area contributed by atoms with Gasteiger partial charge in [0.25, 0.3) is 5.91 Å². The number of fused-ring (bicyclic) bond motifs is 1. The number of benzene rings is 2. The number of amides is 1. The number of unbranched alkanes of at least 4 members (excludes halogenated alkanes) is 1. The van der Waals surface area contributed by atoms with Crippen molar-refractivity contribution >= 4 is 28.3 Å². The molecular formula is C23H27N3O. The smallest absolute Gasteiger partial charge is 0.256 e. The summed E-state index contributed by atoms with van der Waals surface area (Å²) in [5.74, 6) is 0.732. The first-order chi connectivity index (χ1) is 13.1. The van der Waals surface area contributed by atoms with Gasteiger partial charge in [-0.25, -0.2) is 4.98 Å². The van der Waals surface area contributed by atoms with E-state index in [9.17, 15) is 4.79 Å². The lowest BCUT2D eigenvalue weighted by Gasteiger charge is -2.20. The van der Waals surface area contributed by atoms with Gasteiger partial charge in [0, 0.05) is 24.7 Å². The van der Waals surface area contributed by atoms with E-state index in [1.54, 1.807) is 0 Å². The standard InChI is InChI=1S/C23H27N3O/c1-4-6-15-26(3)22-16-19(18-12-8-10-14-21(18)24-22)23(27)25-20-13-9-7-11-17(20)5-2/h7-14,16H,4-6,15H2,1-3H3,(H,25,27). The summed E-state index contributed by atoms with van der Waals surface area (Å²) in [6.45, 7) is 5.18. The summed E-state index contributed by atoms with van der Waals surface area (Å²) < 4.78 is 0. The highest BCUT2D eigenvalue weighted by molar-refractivity contribution is 6.13. The Morgan fingerprint density at radius 3 is 2.59 bits per heavy atom. The van der Waals surface area contributed by atoms with Gasteiger partial charge in [0.15, 0.2) is 0 Å². The monoisotopic (exact) mass is 361 g/mol. The molecular weight excluding hydrogens is 334 g/mol. The van der Waals surface area contributed by atoms with Gasteiger partial charge in [-0.1, -0.05) is 56.7 Å². The molecule has 0 aliphatic rings. The quantitative estimate of drug-likeness (QED) is 0.622. The van der Waals surface area contributed by atoms with E-state index in [1.165, 1.54) is 0 Å². The third-order valence-electron chi connectivity index (χ3n) is 4.83. The fourth-order valence-corrected chi connectivity index (χ4v) is 3.19. The van der Waals surface area contributed by atoms with Crippen molar-refractivity contribution in [3.63, 3.8) is 0 Å². The molecule has 1 aromatic heterocycles. The summed E-state index contributed by atoms with van der Waals surface area (Å²) in [6.07, 6.45) is 3.09. The lowest BCUT2D eigenvalue weighted by atomic mass is 10.1. The molecule has 0 fully saturated rings. The second-order valence-electron chi connectivity index (χ2n) is 6.79. The van der Waals surface area contributed by atoms with Gasteiger partial charge >= 0.3 is 0 Å². The fraction of sp³-hybridized carbons (Fsp3) is 0.304. The summed E-state index contributed by atoms with van der Waals surface area (Å²) in [6, 6.07) is 17.7. The second-order valence-corrected chi connectivity index (χ2v) is 6.79. The van der Waals surface area contributed by atoms with E-state index >= 15 is 0 Å². The minimum atomic E-state index is -0.0976. The van der Waals surface area contributed by atoms with Crippen LogP contribution in [0.25, 0.3) is 10.9 Å². The van der Waals surface area contributed by atoms with Gasteiger partial charge < -0.3 is 10.2 Å². The molecule has 1 N–H and O–H groups in total. The summed E-state index contributed by atoms with van der Waals surface area (Å²) in [4.78, 5) is 20.0. The van der Waals surface area contributed by atoms with E-state index in [-0.39, 0.29) is 5.91 Å². The molecule has 0 aliphatic heterocycles. The van der Waals surface area contributed by atoms with Gasteiger partial charge in [-0.2, -0.15) is 0 Å². The first kappa shape index (κ1) is 18.9. The highest BCUT2D eigenvalue weighted by atomic mass is 16.1. The maximum absolute atomic E-state index is 13.1. The fourth-order valence-electron chi connectivity index (χ4n) is 3.19. The van der Waals surface area contributed by atoms with E-state index in [0.717, 1.165) is 53.8 Å². The van der Waals surface area contributed by atoms with Gasteiger partial charge in [-0.15, -0.1) is 0 Å². The Morgan fingerprint density at radius 1 is 1.07 bits per heavy atom. The molecule has 4 nitrogen and oxygen atoms in total. The summed E-state index contributed by atoms with van der Waals surface area (Å²) in [5, 5.41) is 3.97. The van der Waals surface area contributed by atoms with E-state index in [2.05, 4.69) is 24.1 Å². The molecule has 0 spiro atoms. The zero-order valence-electron chi connectivity index (χ0n) is 16.3. The summed E-state index contributed by atoms with van der Waals surface area (Å²) in [5.41, 5.74) is 3.49. The number of nitrogens with one attached hydrogen (secondary N) is 1. The van der Waals surface area contributed by atoms with Crippen LogP contribution in [0.15, 0.2) is 54.6 Å². The van der Waals surface area contributed by atoms with Crippen LogP contribution < -0.4 is 10.2 Å². The Hall–Kier alpha value is -2.88. The average Bonchev–Trinajstić information content (AvgIpc) is 2.71. The predicted molar refractivity (Wildman–Crippen MR) is 114 cm³/mol. The van der Waals surface area contributed by atoms with E-state index in [4.69, 9.17) is 4.98 Å². The van der Waals surface area contributed by atoms with E-state index < -0.39 is 0 Å². The Kier molecular flexibility index (Phi) is 6.07. The summed E-state index contributed by atoms with van der Waals surface area (Å²) >= 11 is 0. The molecule has 1 heterocycles. The maximum atomic E-state index is 13.1. The first-order valence-electron chi connectivity index (χ1n) is 9.64. The normalized spacial score (nSPS) is 10.8. The number of carbonyl (C=O) groups is 1. The number of aromatic nitrogens is 1. The van der Waals surface area contributed by atoms with Gasteiger partial charge in [0.1, 0.15) is 5.82 Å². The van der Waals surface area contributed by atoms with Crippen LogP contribution in [0, 0.1) is 0 Å². The number of anilines is 2. The molecule has 4 heteroatoms. The van der Waals surface area contributed by atoms with Crippen molar-refractivity contribution in [2.75, 3.05) is 23.8 Å². The van der Waals surface area contributed by atoms with Crippen LogP contribution in [0.5, 0.6) is 0 Å². The third-order valence-corrected chi connectivity index (χ3v) is 4.83. The van der Waals surface area contributed by atoms with Crippen LogP contribution in [0.1, 0.15) is 42.6 Å². The van der Waals surface area contributed by atoms with Crippen LogP contribution in [0.4, 0.5) is 11.5 Å². The maximum Gasteiger partial charge on any atom is 0.256 e. The number of hydrogen-bond acceptors (Lipinski definition) is 3. The second kappa shape index (κ2) is 8.67. The molecule has 0 saturated heterocycles. The first-order valence-corrected chi connectivity index (χ1v) is 9.64. The molecule has 2 aromatic carbocycles. The number of rotatable bonds is 7. The topological polar surface area (TPSA) is 45.2 Å². The van der Waals surface area contributed by atoms with Gasteiger partial charge in [-0.3, -0.25) is 4.79 Å². The highest BCUT2D eigenvalue weighted by Gasteiger charge is 2.15. The number of hydrogen-bond donors (Lipinski definition) is 1. The highest BCUT2D eigenvalue weighted by Crippen LogP contribution is 2.25. The number of aryl methyl sites for hydroxylation is 1. The van der Waals surface area contributed by atoms with Crippen LogP contribution in [-0.2, 0) is 6.42 Å². The Bertz CT molecular complexity index is 936. The van der Waals surface area contributed by atoms with Gasteiger partial charge in [-0.05, 0) is 36.6 Å². The molecule has 0 saturated carbocycles. The largest absolute Gasteiger partial charge is 0.360 e. The molecule has 3 aromatic rings. The van der Waals surface area contributed by atoms with Crippen LogP contribution in [0.3, 0.4) is 0 Å². The third kappa shape index (κ3) is 4.27. The van der Waals surface area contributed by atoms with Crippen molar-refractivity contribution in [1.82, 2.24) is 4.98 Å². The number of carbonyl (C=O) groups excluding carboxylic acids is 1. The molecule has 1 amide bonds.